The Morgan fingerprint density at radius 1 is 1.32 bits per heavy atom. The molecule has 25 heavy (non-hydrogen) atoms. The molecular formula is C18H21F2N3O2. The predicted octanol–water partition coefficient (Wildman–Crippen LogP) is 3.53. The van der Waals surface area contributed by atoms with Gasteiger partial charge in [0.05, 0.1) is 23.1 Å². The molecule has 5 nitrogen and oxygen atoms in total. The van der Waals surface area contributed by atoms with E-state index in [0.29, 0.717) is 17.0 Å². The van der Waals surface area contributed by atoms with Gasteiger partial charge in [0.2, 0.25) is 11.9 Å². The van der Waals surface area contributed by atoms with Crippen molar-refractivity contribution in [1.29, 1.82) is 0 Å². The number of aromatic nitrogens is 2. The molecule has 1 aromatic heterocycles. The van der Waals surface area contributed by atoms with Crippen LogP contribution in [0, 0.1) is 17.6 Å². The summed E-state index contributed by atoms with van der Waals surface area (Å²) in [7, 11) is 0. The number of nitrogens with zero attached hydrogens (tertiary/aromatic N) is 2. The van der Waals surface area contributed by atoms with Gasteiger partial charge >= 0.3 is 0 Å². The average Bonchev–Trinajstić information content (AvgIpc) is 3.26. The van der Waals surface area contributed by atoms with Gasteiger partial charge in [-0.3, -0.25) is 10.1 Å². The highest BCUT2D eigenvalue weighted by Gasteiger charge is 2.41. The third-order valence-corrected chi connectivity index (χ3v) is 5.40. The first kappa shape index (κ1) is 16.4. The van der Waals surface area contributed by atoms with Gasteiger partial charge in [-0.2, -0.15) is 0 Å². The number of hydrogen-bond acceptors (Lipinski definition) is 3. The van der Waals surface area contributed by atoms with Crippen LogP contribution in [0.4, 0.5) is 14.7 Å². The van der Waals surface area contributed by atoms with Gasteiger partial charge in [-0.05, 0) is 44.9 Å². The van der Waals surface area contributed by atoms with Crippen LogP contribution < -0.4 is 5.32 Å². The lowest BCUT2D eigenvalue weighted by atomic mass is 9.92. The molecular weight excluding hydrogens is 328 g/mol. The highest BCUT2D eigenvalue weighted by molar-refractivity contribution is 5.92. The summed E-state index contributed by atoms with van der Waals surface area (Å²) >= 11 is 0. The first-order valence-electron chi connectivity index (χ1n) is 8.74. The summed E-state index contributed by atoms with van der Waals surface area (Å²) in [6.07, 6.45) is 4.71. The number of halogens is 2. The zero-order valence-corrected chi connectivity index (χ0v) is 14.1. The van der Waals surface area contributed by atoms with Crippen LogP contribution in [0.15, 0.2) is 12.1 Å². The fraction of sp³-hybridized carbons (Fsp3) is 0.556. The molecule has 0 unspecified atom stereocenters. The molecule has 134 valence electrons. The van der Waals surface area contributed by atoms with E-state index in [1.165, 1.54) is 0 Å². The lowest BCUT2D eigenvalue weighted by molar-refractivity contribution is -0.121. The van der Waals surface area contributed by atoms with Crippen LogP contribution in [-0.2, 0) is 4.79 Å². The maximum Gasteiger partial charge on any atom is 0.229 e. The van der Waals surface area contributed by atoms with Gasteiger partial charge in [0.15, 0.2) is 11.6 Å². The summed E-state index contributed by atoms with van der Waals surface area (Å²) in [6.45, 7) is 1.67. The minimum atomic E-state index is -1.03. The zero-order valence-electron chi connectivity index (χ0n) is 14.1. The third-order valence-electron chi connectivity index (χ3n) is 5.40. The normalized spacial score (nSPS) is 20.3. The van der Waals surface area contributed by atoms with E-state index in [1.54, 1.807) is 11.5 Å². The SMILES string of the molecule is C[C@@](O)(CC(=O)Nc1nc2cc(F)c(F)cc2n1C1CCC1)C1CC1. The number of imidazole rings is 1. The minimum absolute atomic E-state index is 0.0196. The second kappa shape index (κ2) is 5.76. The molecule has 0 bridgehead atoms. The molecule has 7 heteroatoms. The average molecular weight is 349 g/mol. The molecule has 1 amide bonds. The zero-order chi connectivity index (χ0) is 17.8. The first-order chi connectivity index (χ1) is 11.8. The fourth-order valence-corrected chi connectivity index (χ4v) is 3.54. The van der Waals surface area contributed by atoms with Crippen LogP contribution in [0.5, 0.6) is 0 Å². The van der Waals surface area contributed by atoms with Crippen LogP contribution in [0.1, 0.15) is 51.5 Å². The summed E-state index contributed by atoms with van der Waals surface area (Å²) in [5, 5.41) is 13.1. The van der Waals surface area contributed by atoms with E-state index in [-0.39, 0.29) is 24.3 Å². The van der Waals surface area contributed by atoms with E-state index in [1.807, 2.05) is 0 Å². The maximum atomic E-state index is 13.7. The second-order valence-electron chi connectivity index (χ2n) is 7.50. The number of benzene rings is 1. The van der Waals surface area contributed by atoms with Crippen molar-refractivity contribution in [3.05, 3.63) is 23.8 Å². The number of anilines is 1. The van der Waals surface area contributed by atoms with Gasteiger partial charge in [-0.1, -0.05) is 0 Å². The van der Waals surface area contributed by atoms with Crippen LogP contribution in [0.3, 0.4) is 0 Å². The molecule has 2 aromatic rings. The van der Waals surface area contributed by atoms with E-state index in [0.717, 1.165) is 44.2 Å². The molecule has 0 saturated heterocycles. The Morgan fingerprint density at radius 3 is 2.60 bits per heavy atom. The Bertz CT molecular complexity index is 838. The van der Waals surface area contributed by atoms with Crippen molar-refractivity contribution in [1.82, 2.24) is 9.55 Å². The second-order valence-corrected chi connectivity index (χ2v) is 7.50. The molecule has 2 N–H and O–H groups in total. The fourth-order valence-electron chi connectivity index (χ4n) is 3.54. The number of nitrogens with one attached hydrogen (secondary N) is 1. The van der Waals surface area contributed by atoms with E-state index in [9.17, 15) is 18.7 Å². The standard InChI is InChI=1S/C18H21F2N3O2/c1-18(25,10-5-6-10)9-16(24)22-17-21-14-7-12(19)13(20)8-15(14)23(17)11-3-2-4-11/h7-8,10-11,25H,2-6,9H2,1H3,(H,21,22,24)/t18-/m1/s1. The largest absolute Gasteiger partial charge is 0.389 e. The molecule has 1 aromatic carbocycles. The lowest BCUT2D eigenvalue weighted by Crippen LogP contribution is -2.33. The Kier molecular flexibility index (Phi) is 3.79. The van der Waals surface area contributed by atoms with Gasteiger partial charge in [0.1, 0.15) is 0 Å². The van der Waals surface area contributed by atoms with Crippen LogP contribution in [0.2, 0.25) is 0 Å². The maximum absolute atomic E-state index is 13.7. The molecule has 0 radical (unpaired) electrons. The molecule has 2 aliphatic rings. The Labute approximate surface area is 144 Å². The number of rotatable bonds is 5. The van der Waals surface area contributed by atoms with Crippen LogP contribution in [-0.4, -0.2) is 26.2 Å². The highest BCUT2D eigenvalue weighted by atomic mass is 19.2. The smallest absolute Gasteiger partial charge is 0.229 e. The monoisotopic (exact) mass is 349 g/mol. The van der Waals surface area contributed by atoms with E-state index in [4.69, 9.17) is 0 Å². The Morgan fingerprint density at radius 2 is 2.00 bits per heavy atom. The van der Waals surface area contributed by atoms with Gasteiger partial charge in [0.25, 0.3) is 0 Å². The molecule has 2 saturated carbocycles. The summed E-state index contributed by atoms with van der Waals surface area (Å²) in [5.41, 5.74) is -0.238. The van der Waals surface area contributed by atoms with Crippen LogP contribution >= 0.6 is 0 Å². The highest BCUT2D eigenvalue weighted by Crippen LogP contribution is 2.42. The number of carbonyl (C=O) groups excluding carboxylic acids is 1. The summed E-state index contributed by atoms with van der Waals surface area (Å²) in [4.78, 5) is 16.7. The Hall–Kier alpha value is -2.02. The Balaban J connectivity index is 1.65. The summed E-state index contributed by atoms with van der Waals surface area (Å²) < 4.78 is 29.0. The molecule has 1 atom stereocenters. The summed E-state index contributed by atoms with van der Waals surface area (Å²) in [6, 6.07) is 2.30. The number of hydrogen-bond donors (Lipinski definition) is 2. The number of aliphatic hydroxyl groups is 1. The molecule has 4 rings (SSSR count). The summed E-state index contributed by atoms with van der Waals surface area (Å²) in [5.74, 6) is -1.77. The van der Waals surface area contributed by atoms with Crippen LogP contribution in [0.25, 0.3) is 11.0 Å². The molecule has 2 aliphatic carbocycles. The van der Waals surface area contributed by atoms with Crippen molar-refractivity contribution in [2.75, 3.05) is 5.32 Å². The minimum Gasteiger partial charge on any atom is -0.389 e. The van der Waals surface area contributed by atoms with Gasteiger partial charge in [-0.25, -0.2) is 13.8 Å². The van der Waals surface area contributed by atoms with Gasteiger partial charge in [-0.15, -0.1) is 0 Å². The number of fused-ring (bicyclic) bond motifs is 1. The molecule has 0 aliphatic heterocycles. The van der Waals surface area contributed by atoms with E-state index in [2.05, 4.69) is 10.3 Å². The van der Waals surface area contributed by atoms with Crippen molar-refractivity contribution in [2.24, 2.45) is 5.92 Å². The van der Waals surface area contributed by atoms with Crippen molar-refractivity contribution in [3.8, 4) is 0 Å². The quantitative estimate of drug-likeness (QED) is 0.868. The first-order valence-corrected chi connectivity index (χ1v) is 8.74. The third kappa shape index (κ3) is 3.01. The molecule has 2 fully saturated rings. The lowest BCUT2D eigenvalue weighted by Gasteiger charge is -2.29. The van der Waals surface area contributed by atoms with E-state index >= 15 is 0 Å². The van der Waals surface area contributed by atoms with Gasteiger partial charge < -0.3 is 9.67 Å². The van der Waals surface area contributed by atoms with Crippen molar-refractivity contribution < 1.29 is 18.7 Å². The molecule has 1 heterocycles. The topological polar surface area (TPSA) is 67.2 Å². The predicted molar refractivity (Wildman–Crippen MR) is 89.1 cm³/mol. The molecule has 0 spiro atoms. The number of amides is 1. The van der Waals surface area contributed by atoms with Gasteiger partial charge in [0, 0.05) is 18.2 Å². The van der Waals surface area contributed by atoms with E-state index < -0.39 is 17.2 Å². The van der Waals surface area contributed by atoms with Crippen molar-refractivity contribution in [3.63, 3.8) is 0 Å². The van der Waals surface area contributed by atoms with Crippen molar-refractivity contribution >= 4 is 22.9 Å². The van der Waals surface area contributed by atoms with Crippen molar-refractivity contribution in [2.45, 2.75) is 57.1 Å². The number of carbonyl (C=O) groups is 1.